The Morgan fingerprint density at radius 2 is 1.88 bits per heavy atom. The van der Waals surface area contributed by atoms with Crippen molar-refractivity contribution in [3.05, 3.63) is 65.6 Å². The number of benzene rings is 2. The predicted octanol–water partition coefficient (Wildman–Crippen LogP) is 3.62. The van der Waals surface area contributed by atoms with Crippen LogP contribution in [0.3, 0.4) is 0 Å². The summed E-state index contributed by atoms with van der Waals surface area (Å²) < 4.78 is 18.5. The average molecular weight is 435 g/mol. The molecule has 2 N–H and O–H groups in total. The van der Waals surface area contributed by atoms with E-state index < -0.39 is 6.04 Å². The summed E-state index contributed by atoms with van der Waals surface area (Å²) in [5, 5.41) is 10.5. The molecule has 0 radical (unpaired) electrons. The van der Waals surface area contributed by atoms with Crippen LogP contribution in [0.1, 0.15) is 25.5 Å². The van der Waals surface area contributed by atoms with Gasteiger partial charge in [0.15, 0.2) is 11.5 Å². The first-order chi connectivity index (χ1) is 15.6. The minimum atomic E-state index is -0.583. The smallest absolute Gasteiger partial charge is 0.255 e. The summed E-state index contributed by atoms with van der Waals surface area (Å²) in [6, 6.07) is 12.3. The minimum absolute atomic E-state index is 0.295. The molecule has 2 heterocycles. The largest absolute Gasteiger partial charge is 0.495 e. The Bertz CT molecular complexity index is 1170. The SMILES string of the molecule is CCOc1c(OC)cccc1[C@H]1C(C(=O)Nc2ccccc2OC)=C(C)Nc2ncnn21. The van der Waals surface area contributed by atoms with Gasteiger partial charge in [-0.15, -0.1) is 0 Å². The van der Waals surface area contributed by atoms with Gasteiger partial charge < -0.3 is 24.8 Å². The topological polar surface area (TPSA) is 99.5 Å². The molecule has 0 bridgehead atoms. The van der Waals surface area contributed by atoms with E-state index in [1.165, 1.54) is 6.33 Å². The number of methoxy groups -OCH3 is 2. The Kier molecular flexibility index (Phi) is 5.98. The normalized spacial score (nSPS) is 14.9. The van der Waals surface area contributed by atoms with Crippen LogP contribution in [0.4, 0.5) is 11.6 Å². The van der Waals surface area contributed by atoms with Crippen LogP contribution in [0.5, 0.6) is 17.2 Å². The number of allylic oxidation sites excluding steroid dienone is 1. The summed E-state index contributed by atoms with van der Waals surface area (Å²) in [5.74, 6) is 1.94. The van der Waals surface area contributed by atoms with Crippen molar-refractivity contribution >= 4 is 17.5 Å². The molecule has 3 aromatic rings. The van der Waals surface area contributed by atoms with Gasteiger partial charge in [0.1, 0.15) is 18.1 Å². The summed E-state index contributed by atoms with van der Waals surface area (Å²) in [4.78, 5) is 17.9. The number of ether oxygens (including phenoxy) is 3. The van der Waals surface area contributed by atoms with Crippen LogP contribution in [0, 0.1) is 0 Å². The van der Waals surface area contributed by atoms with Gasteiger partial charge in [-0.05, 0) is 32.0 Å². The zero-order valence-electron chi connectivity index (χ0n) is 18.4. The first kappa shape index (κ1) is 21.2. The fourth-order valence-corrected chi connectivity index (χ4v) is 3.82. The van der Waals surface area contributed by atoms with Crippen LogP contribution in [0.15, 0.2) is 60.1 Å². The van der Waals surface area contributed by atoms with Crippen molar-refractivity contribution in [3.8, 4) is 17.2 Å². The Labute approximate surface area is 186 Å². The third kappa shape index (κ3) is 3.73. The molecular weight excluding hydrogens is 410 g/mol. The van der Waals surface area contributed by atoms with Gasteiger partial charge in [0.25, 0.3) is 5.91 Å². The molecule has 0 saturated heterocycles. The highest BCUT2D eigenvalue weighted by atomic mass is 16.5. The van der Waals surface area contributed by atoms with E-state index in [0.717, 1.165) is 5.56 Å². The second-order valence-corrected chi connectivity index (χ2v) is 7.06. The molecule has 9 nitrogen and oxygen atoms in total. The lowest BCUT2D eigenvalue weighted by Gasteiger charge is -2.30. The van der Waals surface area contributed by atoms with Crippen molar-refractivity contribution in [2.75, 3.05) is 31.5 Å². The number of aromatic nitrogens is 3. The lowest BCUT2D eigenvalue weighted by molar-refractivity contribution is -0.113. The lowest BCUT2D eigenvalue weighted by atomic mass is 9.94. The maximum absolute atomic E-state index is 13.6. The summed E-state index contributed by atoms with van der Waals surface area (Å²) >= 11 is 0. The van der Waals surface area contributed by atoms with Crippen molar-refractivity contribution in [1.82, 2.24) is 14.8 Å². The molecule has 0 unspecified atom stereocenters. The summed E-state index contributed by atoms with van der Waals surface area (Å²) in [7, 11) is 3.15. The molecule has 0 aliphatic carbocycles. The molecule has 1 aromatic heterocycles. The molecule has 0 spiro atoms. The van der Waals surface area contributed by atoms with Crippen LogP contribution in [-0.4, -0.2) is 41.5 Å². The number of para-hydroxylation sites is 3. The number of carbonyl (C=O) groups excluding carboxylic acids is 1. The molecule has 0 fully saturated rings. The number of amides is 1. The molecule has 4 rings (SSSR count). The van der Waals surface area contributed by atoms with Gasteiger partial charge in [-0.1, -0.05) is 24.3 Å². The van der Waals surface area contributed by atoms with E-state index in [1.54, 1.807) is 31.0 Å². The van der Waals surface area contributed by atoms with Crippen LogP contribution >= 0.6 is 0 Å². The highest BCUT2D eigenvalue weighted by Gasteiger charge is 2.36. The van der Waals surface area contributed by atoms with Crippen LogP contribution < -0.4 is 24.8 Å². The molecule has 1 atom stereocenters. The molecule has 0 saturated carbocycles. The molecule has 1 amide bonds. The van der Waals surface area contributed by atoms with Crippen molar-refractivity contribution in [2.45, 2.75) is 19.9 Å². The van der Waals surface area contributed by atoms with E-state index in [4.69, 9.17) is 14.2 Å². The summed E-state index contributed by atoms with van der Waals surface area (Å²) in [6.45, 7) is 4.17. The number of anilines is 2. The van der Waals surface area contributed by atoms with Crippen molar-refractivity contribution in [1.29, 1.82) is 0 Å². The van der Waals surface area contributed by atoms with Crippen molar-refractivity contribution in [3.63, 3.8) is 0 Å². The van der Waals surface area contributed by atoms with Gasteiger partial charge in [0, 0.05) is 11.3 Å². The first-order valence-corrected chi connectivity index (χ1v) is 10.2. The summed E-state index contributed by atoms with van der Waals surface area (Å²) in [6.07, 6.45) is 1.45. The van der Waals surface area contributed by atoms with Crippen molar-refractivity contribution < 1.29 is 19.0 Å². The zero-order valence-corrected chi connectivity index (χ0v) is 18.4. The average Bonchev–Trinajstić information content (AvgIpc) is 3.27. The van der Waals surface area contributed by atoms with E-state index in [1.807, 2.05) is 44.2 Å². The Hall–Kier alpha value is -4.01. The predicted molar refractivity (Wildman–Crippen MR) is 120 cm³/mol. The van der Waals surface area contributed by atoms with Gasteiger partial charge in [0.05, 0.1) is 32.1 Å². The Morgan fingerprint density at radius 1 is 1.12 bits per heavy atom. The highest BCUT2D eigenvalue weighted by molar-refractivity contribution is 6.06. The van der Waals surface area contributed by atoms with Gasteiger partial charge in [-0.2, -0.15) is 10.1 Å². The van der Waals surface area contributed by atoms with Gasteiger partial charge in [0.2, 0.25) is 5.95 Å². The van der Waals surface area contributed by atoms with Gasteiger partial charge >= 0.3 is 0 Å². The van der Waals surface area contributed by atoms with Crippen molar-refractivity contribution in [2.24, 2.45) is 0 Å². The number of hydrogen-bond acceptors (Lipinski definition) is 7. The summed E-state index contributed by atoms with van der Waals surface area (Å²) in [5.41, 5.74) is 2.44. The monoisotopic (exact) mass is 435 g/mol. The molecule has 1 aliphatic heterocycles. The van der Waals surface area contributed by atoms with E-state index in [9.17, 15) is 4.79 Å². The Morgan fingerprint density at radius 3 is 2.62 bits per heavy atom. The van der Waals surface area contributed by atoms with Crippen LogP contribution in [0.25, 0.3) is 0 Å². The molecule has 2 aromatic carbocycles. The number of carbonyl (C=O) groups is 1. The number of nitrogens with zero attached hydrogens (tertiary/aromatic N) is 3. The fourth-order valence-electron chi connectivity index (χ4n) is 3.82. The number of fused-ring (bicyclic) bond motifs is 1. The molecule has 32 heavy (non-hydrogen) atoms. The maximum Gasteiger partial charge on any atom is 0.255 e. The number of hydrogen-bond donors (Lipinski definition) is 2. The number of nitrogens with one attached hydrogen (secondary N) is 2. The third-order valence-corrected chi connectivity index (χ3v) is 5.21. The third-order valence-electron chi connectivity index (χ3n) is 5.21. The second kappa shape index (κ2) is 9.01. The molecule has 166 valence electrons. The minimum Gasteiger partial charge on any atom is -0.495 e. The van der Waals surface area contributed by atoms with Crippen LogP contribution in [0.2, 0.25) is 0 Å². The van der Waals surface area contributed by atoms with E-state index >= 15 is 0 Å². The van der Waals surface area contributed by atoms with E-state index in [-0.39, 0.29) is 5.91 Å². The lowest BCUT2D eigenvalue weighted by Crippen LogP contribution is -2.32. The highest BCUT2D eigenvalue weighted by Crippen LogP contribution is 2.43. The molecule has 1 aliphatic rings. The number of rotatable bonds is 7. The Balaban J connectivity index is 1.84. The molecule has 9 heteroatoms. The first-order valence-electron chi connectivity index (χ1n) is 10.2. The standard InChI is InChI=1S/C23H25N5O4/c1-5-32-21-15(9-8-12-18(21)31-4)20-19(14(2)26-23-24-13-25-28(20)23)22(29)27-16-10-6-7-11-17(16)30-3/h6-13,20H,5H2,1-4H3,(H,27,29)(H,24,25,26)/t20-/m0/s1. The van der Waals surface area contributed by atoms with Crippen LogP contribution in [-0.2, 0) is 4.79 Å². The zero-order chi connectivity index (χ0) is 22.7. The second-order valence-electron chi connectivity index (χ2n) is 7.06. The fraction of sp³-hybridized carbons (Fsp3) is 0.261. The quantitative estimate of drug-likeness (QED) is 0.585. The van der Waals surface area contributed by atoms with Gasteiger partial charge in [-0.25, -0.2) is 4.68 Å². The van der Waals surface area contributed by atoms with E-state index in [0.29, 0.717) is 46.8 Å². The van der Waals surface area contributed by atoms with E-state index in [2.05, 4.69) is 20.7 Å². The van der Waals surface area contributed by atoms with Gasteiger partial charge in [-0.3, -0.25) is 4.79 Å². The maximum atomic E-state index is 13.6. The molecular formula is C23H25N5O4.